The predicted octanol–water partition coefficient (Wildman–Crippen LogP) is 1.62. The highest BCUT2D eigenvalue weighted by Gasteiger charge is 2.12. The van der Waals surface area contributed by atoms with Gasteiger partial charge in [-0.2, -0.15) is 0 Å². The van der Waals surface area contributed by atoms with E-state index in [2.05, 4.69) is 25.3 Å². The second kappa shape index (κ2) is 5.48. The minimum absolute atomic E-state index is 0.0269. The van der Waals surface area contributed by atoms with E-state index in [-0.39, 0.29) is 11.6 Å². The summed E-state index contributed by atoms with van der Waals surface area (Å²) in [5.41, 5.74) is -0.140. The van der Waals surface area contributed by atoms with E-state index in [0.29, 0.717) is 18.1 Å². The van der Waals surface area contributed by atoms with Crippen molar-refractivity contribution in [2.75, 3.05) is 5.32 Å². The Morgan fingerprint density at radius 1 is 1.44 bits per heavy atom. The zero-order valence-corrected chi connectivity index (χ0v) is 10.5. The Bertz CT molecular complexity index is 546. The zero-order valence-electron chi connectivity index (χ0n) is 10.5. The lowest BCUT2D eigenvalue weighted by Gasteiger charge is -2.15. The van der Waals surface area contributed by atoms with Gasteiger partial charge in [0.25, 0.3) is 5.56 Å². The molecule has 1 atom stereocenters. The number of nitrogens with one attached hydrogen (secondary N) is 3. The molecule has 6 heteroatoms. The normalized spacial score (nSPS) is 12.3. The molecule has 0 bridgehead atoms. The van der Waals surface area contributed by atoms with Crippen molar-refractivity contribution in [1.82, 2.24) is 19.9 Å². The fourth-order valence-corrected chi connectivity index (χ4v) is 1.76. The van der Waals surface area contributed by atoms with Crippen molar-refractivity contribution >= 4 is 5.82 Å². The first kappa shape index (κ1) is 12.3. The smallest absolute Gasteiger partial charge is 0.252 e. The van der Waals surface area contributed by atoms with Crippen molar-refractivity contribution in [2.24, 2.45) is 0 Å². The Kier molecular flexibility index (Phi) is 3.76. The number of imidazole rings is 1. The van der Waals surface area contributed by atoms with Gasteiger partial charge in [-0.05, 0) is 6.42 Å². The number of hydrogen-bond acceptors (Lipinski definition) is 4. The second-order valence-electron chi connectivity index (χ2n) is 4.01. The van der Waals surface area contributed by atoms with Crippen LogP contribution in [0.2, 0.25) is 0 Å². The summed E-state index contributed by atoms with van der Waals surface area (Å²) in [6, 6.07) is 1.49. The molecule has 2 rings (SSSR count). The van der Waals surface area contributed by atoms with Gasteiger partial charge < -0.3 is 15.3 Å². The first-order valence-electron chi connectivity index (χ1n) is 6.09. The summed E-state index contributed by atoms with van der Waals surface area (Å²) in [4.78, 5) is 25.8. The SMILES string of the molecule is CCc1nc(NC(CC)c2ncc[nH]2)cc(=O)[nH]1. The molecule has 0 saturated carbocycles. The Labute approximate surface area is 105 Å². The molecule has 0 aromatic carbocycles. The molecule has 2 heterocycles. The van der Waals surface area contributed by atoms with Crippen LogP contribution in [0.5, 0.6) is 0 Å². The van der Waals surface area contributed by atoms with Crippen LogP contribution in [0, 0.1) is 0 Å². The van der Waals surface area contributed by atoms with Gasteiger partial charge in [0.15, 0.2) is 0 Å². The van der Waals surface area contributed by atoms with Crippen LogP contribution >= 0.6 is 0 Å². The standard InChI is InChI=1S/C12H17N5O/c1-3-8(12-13-5-6-14-12)15-10-7-11(18)17-9(4-2)16-10/h5-8H,3-4H2,1-2H3,(H,13,14)(H2,15,16,17,18). The lowest BCUT2D eigenvalue weighted by molar-refractivity contribution is 0.697. The molecule has 0 aliphatic heterocycles. The number of anilines is 1. The fourth-order valence-electron chi connectivity index (χ4n) is 1.76. The van der Waals surface area contributed by atoms with Crippen LogP contribution in [0.4, 0.5) is 5.82 Å². The predicted molar refractivity (Wildman–Crippen MR) is 69.5 cm³/mol. The third-order valence-electron chi connectivity index (χ3n) is 2.71. The number of hydrogen-bond donors (Lipinski definition) is 3. The van der Waals surface area contributed by atoms with Crippen LogP contribution in [-0.4, -0.2) is 19.9 Å². The van der Waals surface area contributed by atoms with Gasteiger partial charge in [0.05, 0.1) is 6.04 Å². The van der Waals surface area contributed by atoms with Crippen molar-refractivity contribution in [3.8, 4) is 0 Å². The van der Waals surface area contributed by atoms with Crippen molar-refractivity contribution in [3.63, 3.8) is 0 Å². The largest absolute Gasteiger partial charge is 0.360 e. The number of H-pyrrole nitrogens is 2. The number of aryl methyl sites for hydroxylation is 1. The monoisotopic (exact) mass is 247 g/mol. The van der Waals surface area contributed by atoms with Crippen molar-refractivity contribution in [1.29, 1.82) is 0 Å². The highest BCUT2D eigenvalue weighted by atomic mass is 16.1. The van der Waals surface area contributed by atoms with Crippen LogP contribution in [0.15, 0.2) is 23.3 Å². The Balaban J connectivity index is 2.22. The van der Waals surface area contributed by atoms with Crippen LogP contribution in [0.3, 0.4) is 0 Å². The van der Waals surface area contributed by atoms with Gasteiger partial charge >= 0.3 is 0 Å². The zero-order chi connectivity index (χ0) is 13.0. The van der Waals surface area contributed by atoms with Crippen LogP contribution < -0.4 is 10.9 Å². The lowest BCUT2D eigenvalue weighted by Crippen LogP contribution is -2.17. The molecule has 0 aliphatic carbocycles. The Morgan fingerprint density at radius 2 is 2.28 bits per heavy atom. The summed E-state index contributed by atoms with van der Waals surface area (Å²) in [5, 5.41) is 3.22. The van der Waals surface area contributed by atoms with Gasteiger partial charge in [-0.3, -0.25) is 4.79 Å². The third-order valence-corrected chi connectivity index (χ3v) is 2.71. The van der Waals surface area contributed by atoms with E-state index in [1.807, 2.05) is 13.8 Å². The highest BCUT2D eigenvalue weighted by molar-refractivity contribution is 5.35. The first-order valence-corrected chi connectivity index (χ1v) is 6.09. The summed E-state index contributed by atoms with van der Waals surface area (Å²) in [6.07, 6.45) is 5.04. The maximum atomic E-state index is 11.5. The summed E-state index contributed by atoms with van der Waals surface area (Å²) in [5.74, 6) is 2.11. The second-order valence-corrected chi connectivity index (χ2v) is 4.01. The molecule has 2 aromatic rings. The maximum absolute atomic E-state index is 11.5. The van der Waals surface area contributed by atoms with Crippen molar-refractivity contribution in [3.05, 3.63) is 40.5 Å². The van der Waals surface area contributed by atoms with Gasteiger partial charge in [-0.15, -0.1) is 0 Å². The fraction of sp³-hybridized carbons (Fsp3) is 0.417. The molecular weight excluding hydrogens is 230 g/mol. The van der Waals surface area contributed by atoms with Crippen molar-refractivity contribution in [2.45, 2.75) is 32.7 Å². The average Bonchev–Trinajstić information content (AvgIpc) is 2.89. The van der Waals surface area contributed by atoms with Crippen LogP contribution in [0.25, 0.3) is 0 Å². The van der Waals surface area contributed by atoms with E-state index in [0.717, 1.165) is 12.2 Å². The quantitative estimate of drug-likeness (QED) is 0.749. The van der Waals surface area contributed by atoms with Crippen LogP contribution in [-0.2, 0) is 6.42 Å². The summed E-state index contributed by atoms with van der Waals surface area (Å²) in [7, 11) is 0. The molecule has 18 heavy (non-hydrogen) atoms. The molecule has 96 valence electrons. The molecule has 1 unspecified atom stereocenters. The molecule has 0 aliphatic rings. The Hall–Kier alpha value is -2.11. The van der Waals surface area contributed by atoms with Gasteiger partial charge in [0.1, 0.15) is 17.5 Å². The van der Waals surface area contributed by atoms with E-state index in [9.17, 15) is 4.79 Å². The van der Waals surface area contributed by atoms with E-state index in [1.165, 1.54) is 6.07 Å². The Morgan fingerprint density at radius 3 is 2.89 bits per heavy atom. The number of aromatic amines is 2. The summed E-state index contributed by atoms with van der Waals surface area (Å²) >= 11 is 0. The number of aromatic nitrogens is 4. The molecule has 0 radical (unpaired) electrons. The molecule has 0 amide bonds. The summed E-state index contributed by atoms with van der Waals surface area (Å²) in [6.45, 7) is 4.00. The minimum Gasteiger partial charge on any atom is -0.360 e. The highest BCUT2D eigenvalue weighted by Crippen LogP contribution is 2.17. The van der Waals surface area contributed by atoms with Crippen molar-refractivity contribution < 1.29 is 0 Å². The van der Waals surface area contributed by atoms with E-state index < -0.39 is 0 Å². The topological polar surface area (TPSA) is 86.5 Å². The molecule has 3 N–H and O–H groups in total. The lowest BCUT2D eigenvalue weighted by atomic mass is 10.2. The first-order chi connectivity index (χ1) is 8.72. The molecule has 2 aromatic heterocycles. The average molecular weight is 247 g/mol. The van der Waals surface area contributed by atoms with Gasteiger partial charge in [-0.1, -0.05) is 13.8 Å². The number of rotatable bonds is 5. The van der Waals surface area contributed by atoms with Gasteiger partial charge in [0.2, 0.25) is 0 Å². The number of nitrogens with zero attached hydrogens (tertiary/aromatic N) is 2. The maximum Gasteiger partial charge on any atom is 0.252 e. The summed E-state index contributed by atoms with van der Waals surface area (Å²) < 4.78 is 0. The van der Waals surface area contributed by atoms with Gasteiger partial charge in [-0.25, -0.2) is 9.97 Å². The van der Waals surface area contributed by atoms with E-state index in [4.69, 9.17) is 0 Å². The molecule has 0 fully saturated rings. The third kappa shape index (κ3) is 2.77. The minimum atomic E-state index is -0.140. The molecule has 6 nitrogen and oxygen atoms in total. The van der Waals surface area contributed by atoms with E-state index in [1.54, 1.807) is 12.4 Å². The molecular formula is C12H17N5O. The molecule has 0 saturated heterocycles. The van der Waals surface area contributed by atoms with E-state index >= 15 is 0 Å². The molecule has 0 spiro atoms. The van der Waals surface area contributed by atoms with Gasteiger partial charge in [0, 0.05) is 24.9 Å². The van der Waals surface area contributed by atoms with Crippen LogP contribution in [0.1, 0.15) is 38.0 Å².